The lowest BCUT2D eigenvalue weighted by atomic mass is 9.74. The molecule has 8 aromatic rings. The summed E-state index contributed by atoms with van der Waals surface area (Å²) in [5.74, 6) is 0. The van der Waals surface area contributed by atoms with E-state index in [4.69, 9.17) is 19.2 Å². The van der Waals surface area contributed by atoms with Gasteiger partial charge in [-0.25, -0.2) is 0 Å². The Bertz CT molecular complexity index is 4060. The molecule has 6 nitrogen and oxygen atoms in total. The van der Waals surface area contributed by atoms with Crippen molar-refractivity contribution in [1.29, 1.82) is 0 Å². The lowest BCUT2D eigenvalue weighted by Crippen LogP contribution is -2.41. The van der Waals surface area contributed by atoms with Crippen LogP contribution >= 0.6 is 7.82 Å². The highest BCUT2D eigenvalue weighted by Gasteiger charge is 2.54. The highest BCUT2D eigenvalue weighted by atomic mass is 31.2. The summed E-state index contributed by atoms with van der Waals surface area (Å²) in [6, 6.07) is 60.2. The molecule has 0 aliphatic rings. The van der Waals surface area contributed by atoms with Gasteiger partial charge in [0, 0.05) is 93.0 Å². The van der Waals surface area contributed by atoms with Crippen molar-refractivity contribution in [2.24, 2.45) is 0 Å². The summed E-state index contributed by atoms with van der Waals surface area (Å²) in [7, 11) is -5.39. The van der Waals surface area contributed by atoms with E-state index in [-0.39, 0.29) is 88.1 Å². The van der Waals surface area contributed by atoms with E-state index in [1.807, 2.05) is 0 Å². The maximum absolute atomic E-state index is 8.55. The lowest BCUT2D eigenvalue weighted by Gasteiger charge is -2.46. The molecule has 0 bridgehead atoms. The molecular formula is C112H169N2O4P. The zero-order valence-electron chi connectivity index (χ0n) is 85.8. The molecule has 0 atom stereocenters. The van der Waals surface area contributed by atoms with Crippen LogP contribution in [-0.4, -0.2) is 0 Å². The van der Waals surface area contributed by atoms with Crippen LogP contribution in [0.3, 0.4) is 0 Å². The fraction of sp³-hybridized carbons (Fsp3) is 0.571. The Morgan fingerprint density at radius 2 is 0.244 bits per heavy atom. The molecule has 0 aliphatic carbocycles. The quantitative estimate of drug-likeness (QED) is 0.112. The van der Waals surface area contributed by atoms with Crippen LogP contribution in [0, 0.1) is 0 Å². The van der Waals surface area contributed by atoms with E-state index >= 15 is 0 Å². The smallest absolute Gasteiger partial charge is 0.822 e. The molecule has 0 N–H and O–H groups in total. The van der Waals surface area contributed by atoms with E-state index in [1.54, 1.807) is 0 Å². The van der Waals surface area contributed by atoms with E-state index in [0.29, 0.717) is 8.97 Å². The fourth-order valence-corrected chi connectivity index (χ4v) is 16.7. The third-order valence-electron chi connectivity index (χ3n) is 24.3. The number of quaternary nitrogens is 2. The van der Waals surface area contributed by atoms with Crippen LogP contribution in [0.4, 0.5) is 45.5 Å². The molecular weight excluding hydrogens is 1470 g/mol. The molecule has 0 spiro atoms. The van der Waals surface area contributed by atoms with Crippen LogP contribution in [0.15, 0.2) is 146 Å². The lowest BCUT2D eigenvalue weighted by molar-refractivity contribution is -0.432. The van der Waals surface area contributed by atoms with Crippen LogP contribution in [0.2, 0.25) is 0 Å². The van der Waals surface area contributed by atoms with E-state index < -0.39 is 7.82 Å². The zero-order valence-corrected chi connectivity index (χ0v) is 85.7. The predicted molar refractivity (Wildman–Crippen MR) is 521 cm³/mol. The molecule has 0 radical (unpaired) electrons. The number of phosphoric acid groups is 1. The van der Waals surface area contributed by atoms with Gasteiger partial charge in [-0.1, -0.05) is 381 Å². The Hall–Kier alpha value is -6.21. The third kappa shape index (κ3) is 23.0. The Kier molecular flexibility index (Phi) is 28.2. The second-order valence-corrected chi connectivity index (χ2v) is 52.5. The van der Waals surface area contributed by atoms with Gasteiger partial charge in [0.25, 0.3) is 0 Å². The van der Waals surface area contributed by atoms with Gasteiger partial charge in [0.2, 0.25) is 0 Å². The second-order valence-electron chi connectivity index (χ2n) is 51.6. The van der Waals surface area contributed by atoms with Gasteiger partial charge < -0.3 is 19.2 Å². The van der Waals surface area contributed by atoms with Crippen molar-refractivity contribution in [2.75, 3.05) is 0 Å². The summed E-state index contributed by atoms with van der Waals surface area (Å²) in [6.45, 7) is 114. The SMILES string of the molecule is CC(C)(C)c1ccc([N+](c2ccc(C(C)(C)C)cc2C(C)(C)C)(c2ccc(C(C)(C)C)cc2C(C)(C)C)c2ccc(C(C)(C)C)cc2C(C)(C)C)c(C(C)(C)C)c1.CC(C)(C)c1ccc([N+](c2ccc(C(C)(C)C)cc2C(C)(C)C)(c2ccc(C(C)(C)C)cc2C(C)(C)C)c2ccc(C(C)(C)C)cc2C(C)(C)C)c(C(C)(C)C)c1.O=P([O-])([O-])[O-].[H+]. The summed E-state index contributed by atoms with van der Waals surface area (Å²) in [4.78, 5) is 25.6. The average Bonchev–Trinajstić information content (AvgIpc) is 0.694. The highest BCUT2D eigenvalue weighted by molar-refractivity contribution is 7.40. The first kappa shape index (κ1) is 102. The second kappa shape index (κ2) is 33.0. The van der Waals surface area contributed by atoms with Gasteiger partial charge >= 0.3 is 1.43 Å². The number of hydrogen-bond acceptors (Lipinski definition) is 4. The van der Waals surface area contributed by atoms with Gasteiger partial charge in [0.1, 0.15) is 0 Å². The van der Waals surface area contributed by atoms with Crippen molar-refractivity contribution in [3.8, 4) is 0 Å². The molecule has 0 fully saturated rings. The Morgan fingerprint density at radius 3 is 0.303 bits per heavy atom. The minimum absolute atomic E-state index is 0. The van der Waals surface area contributed by atoms with Gasteiger partial charge in [-0.15, -0.1) is 0 Å². The van der Waals surface area contributed by atoms with Gasteiger partial charge in [0.05, 0.1) is 0 Å². The molecule has 0 saturated carbocycles. The molecule has 119 heavy (non-hydrogen) atoms. The Labute approximate surface area is 732 Å². The van der Waals surface area contributed by atoms with Crippen molar-refractivity contribution < 1.29 is 20.7 Å². The standard InChI is InChI=1S/2C56H84N.H3O4P/c2*1-49(2,3)37-25-29-45(41(33-37)53(13,14)15)57(46-30-26-38(50(4,5)6)34-42(46)54(16,17)18,47-31-27-39(51(7,8)9)35-43(47)55(19,20)21)48-32-28-40(52(10,11)12)36-44(48)56(22,23)24;1-5(2,3)4/h2*25-36H,1-24H3;(H3,1,2,3,4)/q2*+1;/p-2. The average molecular weight is 1640 g/mol. The molecule has 656 valence electrons. The molecule has 8 aromatic carbocycles. The minimum atomic E-state index is -5.39. The maximum Gasteiger partial charge on any atom is 1.00 e. The molecule has 0 heterocycles. The van der Waals surface area contributed by atoms with Crippen LogP contribution in [-0.2, 0) is 91.2 Å². The van der Waals surface area contributed by atoms with E-state index in [0.717, 1.165) is 0 Å². The minimum Gasteiger partial charge on any atom is -0.822 e. The Morgan fingerprint density at radius 1 is 0.168 bits per heavy atom. The largest absolute Gasteiger partial charge is 1.00 e. The van der Waals surface area contributed by atoms with E-state index in [9.17, 15) is 0 Å². The highest BCUT2D eigenvalue weighted by Crippen LogP contribution is 2.65. The zero-order chi connectivity index (χ0) is 92.3. The third-order valence-corrected chi connectivity index (χ3v) is 24.3. The molecule has 0 aliphatic heterocycles. The van der Waals surface area contributed by atoms with Crippen molar-refractivity contribution in [2.45, 2.75) is 419 Å². The van der Waals surface area contributed by atoms with Crippen LogP contribution in [0.1, 0.15) is 423 Å². The van der Waals surface area contributed by atoms with E-state index in [2.05, 4.69) is 478 Å². The van der Waals surface area contributed by atoms with Crippen LogP contribution in [0.25, 0.3) is 0 Å². The topological polar surface area (TPSA) is 86.2 Å². The first-order valence-electron chi connectivity index (χ1n) is 44.4. The van der Waals surface area contributed by atoms with Crippen LogP contribution in [0.5, 0.6) is 0 Å². The first-order chi connectivity index (χ1) is 52.7. The molecule has 0 amide bonds. The van der Waals surface area contributed by atoms with Gasteiger partial charge in [0.15, 0.2) is 45.5 Å². The predicted octanol–water partition coefficient (Wildman–Crippen LogP) is 32.0. The summed E-state index contributed by atoms with van der Waals surface area (Å²) in [6.07, 6.45) is 0. The van der Waals surface area contributed by atoms with Crippen LogP contribution < -0.4 is 23.6 Å². The fourth-order valence-electron chi connectivity index (χ4n) is 16.7. The molecule has 8 rings (SSSR count). The summed E-state index contributed by atoms with van der Waals surface area (Å²) in [5, 5.41) is 0. The summed E-state index contributed by atoms with van der Waals surface area (Å²) in [5.41, 5.74) is 31.3. The molecule has 0 saturated heterocycles. The monoisotopic (exact) mass is 1640 g/mol. The maximum atomic E-state index is 8.55. The van der Waals surface area contributed by atoms with Crippen molar-refractivity contribution >= 4 is 53.3 Å². The van der Waals surface area contributed by atoms with Gasteiger partial charge in [-0.2, -0.15) is 16.8 Å². The molecule has 0 aromatic heterocycles. The van der Waals surface area contributed by atoms with Crippen molar-refractivity contribution in [3.05, 3.63) is 235 Å². The van der Waals surface area contributed by atoms with Gasteiger partial charge in [-0.05, 0) is 180 Å². The summed E-state index contributed by atoms with van der Waals surface area (Å²) >= 11 is 0. The van der Waals surface area contributed by atoms with Crippen molar-refractivity contribution in [1.82, 2.24) is 8.97 Å². The summed E-state index contributed by atoms with van der Waals surface area (Å²) < 4.78 is 9.53. The van der Waals surface area contributed by atoms with Gasteiger partial charge in [-0.3, -0.25) is 0 Å². The number of rotatable bonds is 8. The molecule has 7 heteroatoms. The normalized spacial score (nSPS) is 14.2. The number of benzene rings is 8. The number of nitrogens with zero attached hydrogens (tertiary/aromatic N) is 2. The molecule has 0 unspecified atom stereocenters. The Balaban J connectivity index is 0.000000401. The first-order valence-corrected chi connectivity index (χ1v) is 45.9. The van der Waals surface area contributed by atoms with Crippen molar-refractivity contribution in [3.63, 3.8) is 0 Å². The number of hydrogen-bond donors (Lipinski definition) is 0. The van der Waals surface area contributed by atoms with E-state index in [1.165, 1.54) is 135 Å².